The van der Waals surface area contributed by atoms with E-state index in [1.807, 2.05) is 0 Å². The van der Waals surface area contributed by atoms with Gasteiger partial charge < -0.3 is 18.2 Å². The van der Waals surface area contributed by atoms with Gasteiger partial charge in [-0.25, -0.2) is 9.59 Å². The Bertz CT molecular complexity index is 1340. The zero-order valence-corrected chi connectivity index (χ0v) is 17.1. The Balaban J connectivity index is 2.81. The summed E-state index contributed by atoms with van der Waals surface area (Å²) in [6.07, 6.45) is 0. The minimum absolute atomic E-state index is 0.413. The van der Waals surface area contributed by atoms with Gasteiger partial charge in [0, 0.05) is 0 Å². The number of hydrogen-bond donors (Lipinski definition) is 1. The smallest absolute Gasteiger partial charge is 0.478 e. The van der Waals surface area contributed by atoms with Gasteiger partial charge in [-0.05, 0) is 35.0 Å². The van der Waals surface area contributed by atoms with E-state index in [1.54, 1.807) is 0 Å². The molecule has 0 aliphatic heterocycles. The third kappa shape index (κ3) is 5.21. The highest BCUT2D eigenvalue weighted by molar-refractivity contribution is 7.88. The molecule has 0 aromatic heterocycles. The molecule has 0 saturated carbocycles. The first kappa shape index (κ1) is 26.0. The zero-order chi connectivity index (χ0) is 25.6. The molecule has 0 atom stereocenters. The molecule has 182 valence electrons. The molecule has 2 aromatic carbocycles. The molecule has 0 spiro atoms. The number of fused-ring (bicyclic) bond motifs is 1. The first-order valence-electron chi connectivity index (χ1n) is 7.75. The Hall–Kier alpha value is -3.28. The number of methoxy groups -OCH3 is 1. The Labute approximate surface area is 179 Å². The van der Waals surface area contributed by atoms with Crippen LogP contribution in [0.1, 0.15) is 20.7 Å². The van der Waals surface area contributed by atoms with Crippen LogP contribution in [0.25, 0.3) is 10.8 Å². The highest BCUT2D eigenvalue weighted by Crippen LogP contribution is 2.36. The van der Waals surface area contributed by atoms with Crippen molar-refractivity contribution in [3.63, 3.8) is 0 Å². The largest absolute Gasteiger partial charge is 0.534 e. The molecule has 0 heterocycles. The van der Waals surface area contributed by atoms with Crippen molar-refractivity contribution in [2.24, 2.45) is 0 Å². The second kappa shape index (κ2) is 8.25. The lowest BCUT2D eigenvalue weighted by atomic mass is 10.0. The minimum Gasteiger partial charge on any atom is -0.478 e. The van der Waals surface area contributed by atoms with Crippen LogP contribution in [0.2, 0.25) is 0 Å². The van der Waals surface area contributed by atoms with E-state index in [1.165, 1.54) is 0 Å². The molecule has 0 saturated heterocycles. The van der Waals surface area contributed by atoms with Gasteiger partial charge in [-0.15, -0.1) is 0 Å². The Morgan fingerprint density at radius 1 is 0.758 bits per heavy atom. The lowest BCUT2D eigenvalue weighted by Crippen LogP contribution is -2.29. The monoisotopic (exact) mass is 526 g/mol. The number of carbonyl (C=O) groups is 2. The molecule has 18 heteroatoms. The predicted octanol–water partition coefficient (Wildman–Crippen LogP) is 2.78. The van der Waals surface area contributed by atoms with Crippen LogP contribution in [-0.4, -0.2) is 52.0 Å². The number of aromatic carboxylic acids is 1. The zero-order valence-electron chi connectivity index (χ0n) is 15.5. The van der Waals surface area contributed by atoms with Crippen molar-refractivity contribution in [3.8, 4) is 11.5 Å². The first-order chi connectivity index (χ1) is 14.8. The van der Waals surface area contributed by atoms with Gasteiger partial charge >= 0.3 is 43.2 Å². The Kier molecular flexibility index (Phi) is 6.49. The summed E-state index contributed by atoms with van der Waals surface area (Å²) >= 11 is 0. The van der Waals surface area contributed by atoms with Gasteiger partial charge in [0.15, 0.2) is 11.5 Å². The average Bonchev–Trinajstić information content (AvgIpc) is 2.64. The van der Waals surface area contributed by atoms with Crippen molar-refractivity contribution >= 4 is 42.9 Å². The number of esters is 1. The molecule has 10 nitrogen and oxygen atoms in total. The van der Waals surface area contributed by atoms with E-state index in [-0.39, 0.29) is 0 Å². The van der Waals surface area contributed by atoms with Crippen LogP contribution in [0.15, 0.2) is 24.3 Å². The molecule has 0 bridgehead atoms. The maximum Gasteiger partial charge on any atom is 0.534 e. The van der Waals surface area contributed by atoms with Gasteiger partial charge in [0.1, 0.15) is 11.1 Å². The number of carboxylic acid groups (broad SMARTS) is 1. The van der Waals surface area contributed by atoms with E-state index in [0.717, 1.165) is 7.11 Å². The number of benzene rings is 2. The van der Waals surface area contributed by atoms with Gasteiger partial charge in [-0.2, -0.15) is 43.2 Å². The summed E-state index contributed by atoms with van der Waals surface area (Å²) in [5.41, 5.74) is -14.1. The van der Waals surface area contributed by atoms with Crippen LogP contribution in [-0.2, 0) is 25.0 Å². The van der Waals surface area contributed by atoms with E-state index >= 15 is 0 Å². The number of carbonyl (C=O) groups excluding carboxylic acids is 1. The third-order valence-corrected chi connectivity index (χ3v) is 5.57. The lowest BCUT2D eigenvalue weighted by molar-refractivity contribution is -0.0505. The molecule has 0 radical (unpaired) electrons. The number of ether oxygens (including phenoxy) is 1. The summed E-state index contributed by atoms with van der Waals surface area (Å²) in [5.74, 6) is -6.11. The van der Waals surface area contributed by atoms with Crippen LogP contribution in [0, 0.1) is 0 Å². The first-order valence-corrected chi connectivity index (χ1v) is 10.6. The van der Waals surface area contributed by atoms with Crippen molar-refractivity contribution < 1.29 is 71.0 Å². The number of hydrogen-bond acceptors (Lipinski definition) is 9. The van der Waals surface area contributed by atoms with Gasteiger partial charge in [0.05, 0.1) is 7.11 Å². The Morgan fingerprint density at radius 3 is 1.45 bits per heavy atom. The van der Waals surface area contributed by atoms with Crippen molar-refractivity contribution in [2.75, 3.05) is 7.11 Å². The summed E-state index contributed by atoms with van der Waals surface area (Å²) in [5, 5.41) is 8.23. The highest BCUT2D eigenvalue weighted by Gasteiger charge is 2.50. The SMILES string of the molecule is COC(=O)c1cc2cc(OS(=O)(=O)C(F)(F)F)c(C(=O)O)cc2cc1OS(=O)(=O)C(F)(F)F. The second-order valence-electron chi connectivity index (χ2n) is 5.81. The molecule has 0 aliphatic rings. The molecular weight excluding hydrogens is 518 g/mol. The molecule has 33 heavy (non-hydrogen) atoms. The van der Waals surface area contributed by atoms with E-state index in [0.29, 0.717) is 24.3 Å². The van der Waals surface area contributed by atoms with Crippen molar-refractivity contribution in [1.82, 2.24) is 0 Å². The van der Waals surface area contributed by atoms with Crippen LogP contribution in [0.3, 0.4) is 0 Å². The van der Waals surface area contributed by atoms with Gasteiger partial charge in [-0.1, -0.05) is 0 Å². The fraction of sp³-hybridized carbons (Fsp3) is 0.200. The molecule has 2 aromatic rings. The maximum atomic E-state index is 12.7. The van der Waals surface area contributed by atoms with E-state index < -0.39 is 76.6 Å². The van der Waals surface area contributed by atoms with Crippen LogP contribution in [0.4, 0.5) is 26.3 Å². The maximum absolute atomic E-state index is 12.7. The predicted molar refractivity (Wildman–Crippen MR) is 93.5 cm³/mol. The molecule has 0 amide bonds. The van der Waals surface area contributed by atoms with Crippen LogP contribution in [0.5, 0.6) is 11.5 Å². The summed E-state index contributed by atoms with van der Waals surface area (Å²) in [7, 11) is -11.9. The molecule has 2 rings (SSSR count). The summed E-state index contributed by atoms with van der Waals surface area (Å²) in [6.45, 7) is 0. The number of halogens is 6. The van der Waals surface area contributed by atoms with E-state index in [2.05, 4.69) is 13.1 Å². The summed E-state index contributed by atoms with van der Waals surface area (Å²) < 4.78 is 133. The molecule has 1 N–H and O–H groups in total. The normalized spacial score (nSPS) is 12.9. The van der Waals surface area contributed by atoms with Crippen LogP contribution >= 0.6 is 0 Å². The van der Waals surface area contributed by atoms with E-state index in [4.69, 9.17) is 5.11 Å². The third-order valence-electron chi connectivity index (χ3n) is 3.64. The van der Waals surface area contributed by atoms with Crippen LogP contribution < -0.4 is 8.37 Å². The second-order valence-corrected chi connectivity index (χ2v) is 8.88. The van der Waals surface area contributed by atoms with Gasteiger partial charge in [0.25, 0.3) is 0 Å². The number of carboxylic acids is 1. The van der Waals surface area contributed by atoms with Gasteiger partial charge in [-0.3, -0.25) is 0 Å². The number of rotatable bonds is 6. The average molecular weight is 526 g/mol. The molecule has 0 fully saturated rings. The highest BCUT2D eigenvalue weighted by atomic mass is 32.2. The van der Waals surface area contributed by atoms with Crippen molar-refractivity contribution in [1.29, 1.82) is 0 Å². The standard InChI is InChI=1S/C15H8F6O10S2/c1-29-13(24)9-3-7-4-10(30-32(25,26)14(16,17)18)8(12(22)23)2-6(7)5-11(9)31-33(27,28)15(19,20)21/h2-5H,1H3,(H,22,23). The molecule has 0 aliphatic carbocycles. The van der Waals surface area contributed by atoms with Crippen molar-refractivity contribution in [3.05, 3.63) is 35.4 Å². The number of alkyl halides is 6. The summed E-state index contributed by atoms with van der Waals surface area (Å²) in [6, 6.07) is 1.87. The van der Waals surface area contributed by atoms with Gasteiger partial charge in [0.2, 0.25) is 0 Å². The fourth-order valence-corrected chi connectivity index (χ4v) is 3.15. The quantitative estimate of drug-likeness (QED) is 0.258. The molecule has 0 unspecified atom stereocenters. The lowest BCUT2D eigenvalue weighted by Gasteiger charge is -2.15. The van der Waals surface area contributed by atoms with E-state index in [9.17, 15) is 52.8 Å². The summed E-state index contributed by atoms with van der Waals surface area (Å²) in [4.78, 5) is 23.2. The minimum atomic E-state index is -6.34. The van der Waals surface area contributed by atoms with Crippen molar-refractivity contribution in [2.45, 2.75) is 11.0 Å². The topological polar surface area (TPSA) is 150 Å². The molecular formula is C15H8F6O10S2. The fourth-order valence-electron chi connectivity index (χ4n) is 2.21. The Morgan fingerprint density at radius 2 is 1.12 bits per heavy atom.